The summed E-state index contributed by atoms with van der Waals surface area (Å²) in [5.41, 5.74) is 17.1. The number of ether oxygens (including phenoxy) is 1. The normalized spacial score (nSPS) is 50.5. The van der Waals surface area contributed by atoms with Crippen molar-refractivity contribution in [1.82, 2.24) is 5.32 Å². The summed E-state index contributed by atoms with van der Waals surface area (Å²) in [5, 5.41) is 3.84. The van der Waals surface area contributed by atoms with Crippen LogP contribution in [0.25, 0.3) is 0 Å². The van der Waals surface area contributed by atoms with Crippen LogP contribution in [-0.4, -0.2) is 30.2 Å². The molecule has 10 atom stereocenters. The van der Waals surface area contributed by atoms with E-state index in [-0.39, 0.29) is 16.9 Å². The van der Waals surface area contributed by atoms with E-state index >= 15 is 0 Å². The number of primary amides is 1. The van der Waals surface area contributed by atoms with Crippen molar-refractivity contribution in [2.75, 3.05) is 6.54 Å². The van der Waals surface area contributed by atoms with Crippen molar-refractivity contribution in [3.05, 3.63) is 22.4 Å². The summed E-state index contributed by atoms with van der Waals surface area (Å²) in [4.78, 5) is 12.2. The van der Waals surface area contributed by atoms with Crippen molar-refractivity contribution >= 4 is 5.91 Å². The first-order valence-corrected chi connectivity index (χ1v) is 14.0. The molecular weight excluding hydrogens is 422 g/mol. The third-order valence-corrected chi connectivity index (χ3v) is 11.7. The number of allylic oxidation sites excluding steroid dienone is 2. The number of hydrogen-bond donors (Lipinski definition) is 3. The van der Waals surface area contributed by atoms with Crippen molar-refractivity contribution in [2.24, 2.45) is 52.4 Å². The van der Waals surface area contributed by atoms with E-state index in [1.165, 1.54) is 38.5 Å². The van der Waals surface area contributed by atoms with Gasteiger partial charge in [-0.1, -0.05) is 31.9 Å². The summed E-state index contributed by atoms with van der Waals surface area (Å²) in [6.07, 6.45) is 10.5. The second-order valence-electron chi connectivity index (χ2n) is 13.4. The molecule has 2 saturated heterocycles. The summed E-state index contributed by atoms with van der Waals surface area (Å²) in [5.74, 6) is 3.60. The number of carbonyl (C=O) groups excluding carboxylic acids is 1. The Morgan fingerprint density at radius 1 is 1.15 bits per heavy atom. The molecule has 2 aliphatic heterocycles. The lowest BCUT2D eigenvalue weighted by molar-refractivity contribution is -0.116. The number of hydrogen-bond acceptors (Lipinski definition) is 4. The molecule has 0 aromatic heterocycles. The van der Waals surface area contributed by atoms with E-state index in [2.05, 4.69) is 33.0 Å². The van der Waals surface area contributed by atoms with E-state index in [0.717, 1.165) is 37.4 Å². The number of amides is 1. The van der Waals surface area contributed by atoms with E-state index in [0.29, 0.717) is 47.3 Å². The van der Waals surface area contributed by atoms with Crippen LogP contribution in [0, 0.1) is 40.9 Å². The van der Waals surface area contributed by atoms with Gasteiger partial charge in [-0.3, -0.25) is 4.79 Å². The van der Waals surface area contributed by atoms with Crippen molar-refractivity contribution in [1.29, 1.82) is 0 Å². The van der Waals surface area contributed by atoms with E-state index in [9.17, 15) is 4.79 Å². The van der Waals surface area contributed by atoms with Gasteiger partial charge in [0.1, 0.15) is 0 Å². The average Bonchev–Trinajstić information content (AvgIpc) is 3.24. The minimum atomic E-state index is -0.305. The minimum Gasteiger partial charge on any atom is -0.402 e. The van der Waals surface area contributed by atoms with E-state index in [1.54, 1.807) is 11.1 Å². The van der Waals surface area contributed by atoms with E-state index in [4.69, 9.17) is 16.2 Å². The number of nitrogens with two attached hydrogens (primary N) is 2. The van der Waals surface area contributed by atoms with Gasteiger partial charge in [-0.05, 0) is 106 Å². The van der Waals surface area contributed by atoms with Crippen molar-refractivity contribution < 1.29 is 9.53 Å². The molecule has 2 saturated carbocycles. The van der Waals surface area contributed by atoms with Crippen LogP contribution in [0.2, 0.25) is 0 Å². The molecule has 4 fully saturated rings. The lowest BCUT2D eigenvalue weighted by Gasteiger charge is -2.52. The summed E-state index contributed by atoms with van der Waals surface area (Å²) in [7, 11) is 0. The van der Waals surface area contributed by atoms with Gasteiger partial charge in [0.25, 0.3) is 0 Å². The summed E-state index contributed by atoms with van der Waals surface area (Å²) in [6.45, 7) is 10.8. The summed E-state index contributed by atoms with van der Waals surface area (Å²) < 4.78 is 7.02. The number of rotatable bonds is 1. The smallest absolute Gasteiger partial charge is 0.246 e. The first-order chi connectivity index (χ1) is 16.1. The lowest BCUT2D eigenvalue weighted by atomic mass is 9.52. The third kappa shape index (κ3) is 3.21. The summed E-state index contributed by atoms with van der Waals surface area (Å²) >= 11 is 0. The van der Waals surface area contributed by atoms with Gasteiger partial charge in [0, 0.05) is 23.2 Å². The fourth-order valence-corrected chi connectivity index (χ4v) is 9.84. The Bertz CT molecular complexity index is 955. The highest BCUT2D eigenvalue weighted by Gasteiger charge is 2.59. The molecule has 34 heavy (non-hydrogen) atoms. The molecular formula is C29H45N3O2. The molecule has 6 aliphatic rings. The number of carbonyl (C=O) groups is 1. The molecule has 1 amide bonds. The van der Waals surface area contributed by atoms with Gasteiger partial charge >= 0.3 is 0 Å². The first-order valence-electron chi connectivity index (χ1n) is 14.0. The molecule has 0 aromatic carbocycles. The molecule has 1 spiro atoms. The topological polar surface area (TPSA) is 90.4 Å². The Hall–Kier alpha value is -1.33. The molecule has 188 valence electrons. The maximum atomic E-state index is 12.2. The minimum absolute atomic E-state index is 0.00554. The van der Waals surface area contributed by atoms with Crippen molar-refractivity contribution in [3.8, 4) is 0 Å². The molecule has 0 aromatic rings. The van der Waals surface area contributed by atoms with Gasteiger partial charge in [-0.2, -0.15) is 0 Å². The highest BCUT2D eigenvalue weighted by molar-refractivity contribution is 5.93. The molecule has 9 unspecified atom stereocenters. The Kier molecular flexibility index (Phi) is 5.32. The van der Waals surface area contributed by atoms with E-state index < -0.39 is 0 Å². The zero-order valence-electron chi connectivity index (χ0n) is 21.7. The largest absolute Gasteiger partial charge is 0.402 e. The highest BCUT2D eigenvalue weighted by Crippen LogP contribution is 2.65. The van der Waals surface area contributed by atoms with Crippen LogP contribution in [0.4, 0.5) is 0 Å². The van der Waals surface area contributed by atoms with Crippen LogP contribution in [0.3, 0.4) is 0 Å². The second kappa shape index (κ2) is 7.83. The van der Waals surface area contributed by atoms with Crippen LogP contribution < -0.4 is 16.8 Å². The Labute approximate surface area is 205 Å². The fourth-order valence-electron chi connectivity index (χ4n) is 9.84. The van der Waals surface area contributed by atoms with E-state index in [1.807, 2.05) is 0 Å². The van der Waals surface area contributed by atoms with Gasteiger partial charge < -0.3 is 21.5 Å². The van der Waals surface area contributed by atoms with Crippen LogP contribution in [0.5, 0.6) is 0 Å². The molecule has 2 heterocycles. The van der Waals surface area contributed by atoms with Crippen LogP contribution in [0.1, 0.15) is 85.5 Å². The molecule has 5 nitrogen and oxygen atoms in total. The van der Waals surface area contributed by atoms with Crippen LogP contribution in [-0.2, 0) is 9.53 Å². The molecule has 0 radical (unpaired) electrons. The maximum absolute atomic E-state index is 12.2. The van der Waals surface area contributed by atoms with Gasteiger partial charge in [0.15, 0.2) is 0 Å². The predicted octanol–water partition coefficient (Wildman–Crippen LogP) is 4.42. The lowest BCUT2D eigenvalue weighted by Crippen LogP contribution is -2.48. The maximum Gasteiger partial charge on any atom is 0.246 e. The zero-order valence-corrected chi connectivity index (χ0v) is 21.7. The Morgan fingerprint density at radius 3 is 2.71 bits per heavy atom. The zero-order chi connectivity index (χ0) is 24.0. The molecule has 5 heteroatoms. The third-order valence-electron chi connectivity index (χ3n) is 11.7. The van der Waals surface area contributed by atoms with Gasteiger partial charge in [0.2, 0.25) is 5.91 Å². The SMILES string of the molecule is CC1=C2CC3C(CCC4CC(N)=C(C(N)=O)CC43C)C2CCC2(C1)OC1C[C@H](C)CNC1C2C. The molecule has 0 bridgehead atoms. The number of fused-ring (bicyclic) bond motifs is 6. The number of piperidine rings is 1. The number of nitrogens with one attached hydrogen (secondary N) is 1. The van der Waals surface area contributed by atoms with Crippen molar-refractivity contribution in [2.45, 2.75) is 103 Å². The summed E-state index contributed by atoms with van der Waals surface area (Å²) in [6, 6.07) is 0.515. The van der Waals surface area contributed by atoms with Gasteiger partial charge in [0.05, 0.1) is 11.7 Å². The second-order valence-corrected chi connectivity index (χ2v) is 13.4. The van der Waals surface area contributed by atoms with Crippen LogP contribution >= 0.6 is 0 Å². The molecule has 4 aliphatic carbocycles. The average molecular weight is 468 g/mol. The molecule has 6 rings (SSSR count). The van der Waals surface area contributed by atoms with Crippen LogP contribution in [0.15, 0.2) is 22.4 Å². The Morgan fingerprint density at radius 2 is 1.94 bits per heavy atom. The molecule has 5 N–H and O–H groups in total. The Balaban J connectivity index is 1.29. The van der Waals surface area contributed by atoms with Gasteiger partial charge in [-0.25, -0.2) is 0 Å². The van der Waals surface area contributed by atoms with Crippen molar-refractivity contribution in [3.63, 3.8) is 0 Å². The predicted molar refractivity (Wildman–Crippen MR) is 134 cm³/mol. The standard InChI is InChI=1S/C29H45N3O2/c1-15-9-25-26(32-14-15)17(3)29(34-25)8-7-19-20-6-5-18-10-24(30)22(27(31)33)13-28(18,4)23(20)11-21(19)16(2)12-29/h15,17-20,23,25-26,32H,5-14,30H2,1-4H3,(H2,31,33)/t15-,17?,18?,19?,20?,23?,25?,26?,28?,29?/m0/s1. The monoisotopic (exact) mass is 467 g/mol. The van der Waals surface area contributed by atoms with Gasteiger partial charge in [-0.15, -0.1) is 0 Å². The quantitative estimate of drug-likeness (QED) is 0.498. The first kappa shape index (κ1) is 23.1. The highest BCUT2D eigenvalue weighted by atomic mass is 16.5. The fraction of sp³-hybridized carbons (Fsp3) is 0.828.